The monoisotopic (exact) mass is 188 g/mol. The molecule has 0 radical (unpaired) electrons. The van der Waals surface area contributed by atoms with Crippen molar-refractivity contribution in [2.45, 2.75) is 39.5 Å². The van der Waals surface area contributed by atoms with E-state index in [1.54, 1.807) is 0 Å². The van der Waals surface area contributed by atoms with E-state index in [4.69, 9.17) is 3.85 Å². The maximum absolute atomic E-state index is 4.78. The third-order valence-corrected chi connectivity index (χ3v) is 2.01. The van der Waals surface area contributed by atoms with Gasteiger partial charge in [0, 0.05) is 0 Å². The Morgan fingerprint density at radius 3 is 2.50 bits per heavy atom. The zero-order valence-corrected chi connectivity index (χ0v) is 7.90. The van der Waals surface area contributed by atoms with Gasteiger partial charge in [0.05, 0.1) is 0 Å². The molecule has 0 aliphatic carbocycles. The molecule has 0 aliphatic heterocycles. The van der Waals surface area contributed by atoms with E-state index < -0.39 is 0 Å². The van der Waals surface area contributed by atoms with Gasteiger partial charge < -0.3 is 0 Å². The summed E-state index contributed by atoms with van der Waals surface area (Å²) >= 11 is 3.78. The Hall–Kier alpha value is 0.466. The summed E-state index contributed by atoms with van der Waals surface area (Å²) in [5.41, 5.74) is 0. The molecule has 0 N–H and O–H groups in total. The van der Waals surface area contributed by atoms with E-state index in [1.807, 2.05) is 0 Å². The Morgan fingerprint density at radius 1 is 1.40 bits per heavy atom. The van der Waals surface area contributed by atoms with Crippen molar-refractivity contribution in [3.63, 3.8) is 0 Å². The van der Waals surface area contributed by atoms with E-state index in [0.29, 0.717) is 0 Å². The molecule has 10 heavy (non-hydrogen) atoms. The number of unbranched alkanes of at least 4 members (excludes halogenated alkanes) is 1. The van der Waals surface area contributed by atoms with Crippen LogP contribution in [0.5, 0.6) is 0 Å². The summed E-state index contributed by atoms with van der Waals surface area (Å²) in [4.78, 5) is 0. The van der Waals surface area contributed by atoms with Gasteiger partial charge in [-0.25, -0.2) is 0 Å². The van der Waals surface area contributed by atoms with Crippen molar-refractivity contribution in [3.8, 4) is 0 Å². The summed E-state index contributed by atoms with van der Waals surface area (Å²) in [6.07, 6.45) is 5.09. The Bertz CT molecular complexity index is 66.3. The first-order valence-electron chi connectivity index (χ1n) is 4.06. The van der Waals surface area contributed by atoms with Gasteiger partial charge in [0.1, 0.15) is 0 Å². The number of hydrogen-bond donors (Lipinski definition) is 0. The molecule has 1 nitrogen and oxygen atoms in total. The fraction of sp³-hybridized carbons (Fsp3) is 1.00. The van der Waals surface area contributed by atoms with Crippen molar-refractivity contribution in [2.24, 2.45) is 5.92 Å². The molecule has 0 saturated heterocycles. The third-order valence-electron chi connectivity index (χ3n) is 1.83. The van der Waals surface area contributed by atoms with E-state index in [2.05, 4.69) is 29.9 Å². The summed E-state index contributed by atoms with van der Waals surface area (Å²) in [7, 11) is 0. The van der Waals surface area contributed by atoms with Crippen LogP contribution in [0.3, 0.4) is 0 Å². The van der Waals surface area contributed by atoms with Gasteiger partial charge >= 0.3 is 72.0 Å². The second kappa shape index (κ2) is 7.57. The average Bonchev–Trinajstić information content (AvgIpc) is 1.98. The van der Waals surface area contributed by atoms with Crippen molar-refractivity contribution in [3.05, 3.63) is 0 Å². The van der Waals surface area contributed by atoms with E-state index in [1.165, 1.54) is 25.7 Å². The van der Waals surface area contributed by atoms with Crippen LogP contribution >= 0.6 is 0 Å². The maximum atomic E-state index is 4.78. The first-order chi connectivity index (χ1) is 4.85. The molecule has 0 rings (SSSR count). The molecule has 0 aromatic carbocycles. The second-order valence-corrected chi connectivity index (χ2v) is 2.98. The molecular formula is C8H17CoO. The van der Waals surface area contributed by atoms with Gasteiger partial charge in [0.15, 0.2) is 0 Å². The summed E-state index contributed by atoms with van der Waals surface area (Å²) < 4.78 is 4.78. The summed E-state index contributed by atoms with van der Waals surface area (Å²) in [6.45, 7) is 5.22. The van der Waals surface area contributed by atoms with Crippen LogP contribution in [0.25, 0.3) is 0 Å². The molecule has 64 valence electrons. The fourth-order valence-corrected chi connectivity index (χ4v) is 1.22. The summed E-state index contributed by atoms with van der Waals surface area (Å²) in [5.74, 6) is 0.718. The zero-order valence-electron chi connectivity index (χ0n) is 6.85. The molecular weight excluding hydrogens is 171 g/mol. The molecule has 0 aliphatic rings. The third kappa shape index (κ3) is 5.27. The van der Waals surface area contributed by atoms with E-state index in [0.717, 1.165) is 12.5 Å². The Labute approximate surface area is 72.4 Å². The van der Waals surface area contributed by atoms with Gasteiger partial charge in [-0.1, -0.05) is 0 Å². The van der Waals surface area contributed by atoms with E-state index in [-0.39, 0.29) is 0 Å². The summed E-state index contributed by atoms with van der Waals surface area (Å²) in [6, 6.07) is 0. The fourth-order valence-electron chi connectivity index (χ4n) is 0.977. The summed E-state index contributed by atoms with van der Waals surface area (Å²) in [5, 5.41) is 0. The van der Waals surface area contributed by atoms with Gasteiger partial charge in [0.2, 0.25) is 0 Å². The van der Waals surface area contributed by atoms with Crippen molar-refractivity contribution in [1.82, 2.24) is 0 Å². The predicted molar refractivity (Wildman–Crippen MR) is 39.3 cm³/mol. The molecule has 0 saturated carbocycles. The first kappa shape index (κ1) is 10.5. The van der Waals surface area contributed by atoms with Crippen LogP contribution in [0.15, 0.2) is 0 Å². The minimum atomic E-state index is 0.718. The minimum absolute atomic E-state index is 0.718. The van der Waals surface area contributed by atoms with Crippen LogP contribution in [0.4, 0.5) is 0 Å². The quantitative estimate of drug-likeness (QED) is 0.622. The van der Waals surface area contributed by atoms with Crippen molar-refractivity contribution in [2.75, 3.05) is 6.61 Å². The van der Waals surface area contributed by atoms with Crippen molar-refractivity contribution < 1.29 is 19.9 Å². The Kier molecular flexibility index (Phi) is 7.93. The molecule has 1 unspecified atom stereocenters. The van der Waals surface area contributed by atoms with Crippen molar-refractivity contribution in [1.29, 1.82) is 0 Å². The topological polar surface area (TPSA) is 9.23 Å². The van der Waals surface area contributed by atoms with Gasteiger partial charge in [-0.3, -0.25) is 0 Å². The van der Waals surface area contributed by atoms with Gasteiger partial charge in [-0.15, -0.1) is 0 Å². The van der Waals surface area contributed by atoms with E-state index in [9.17, 15) is 0 Å². The van der Waals surface area contributed by atoms with Crippen LogP contribution in [0, 0.1) is 5.92 Å². The second-order valence-electron chi connectivity index (χ2n) is 2.68. The molecule has 2 heteroatoms. The van der Waals surface area contributed by atoms with Gasteiger partial charge in [-0.05, 0) is 0 Å². The van der Waals surface area contributed by atoms with Crippen LogP contribution in [-0.4, -0.2) is 6.61 Å². The Morgan fingerprint density at radius 2 is 2.10 bits per heavy atom. The standard InChI is InChI=1S/C8H17O.Co/c1-3-5-6-8(4-2)7-9;/h8H,3-7H2,1-2H3;/q-1;+1. The molecule has 0 amide bonds. The number of rotatable bonds is 6. The van der Waals surface area contributed by atoms with Gasteiger partial charge in [0.25, 0.3) is 0 Å². The Balaban J connectivity index is 3.21. The van der Waals surface area contributed by atoms with Crippen molar-refractivity contribution >= 4 is 0 Å². The molecule has 0 heterocycles. The molecule has 0 aromatic rings. The van der Waals surface area contributed by atoms with Gasteiger partial charge in [-0.2, -0.15) is 0 Å². The SMILES string of the molecule is CCCCC(CC)C[O][Co]. The molecule has 0 aromatic heterocycles. The van der Waals surface area contributed by atoms with Crippen LogP contribution < -0.4 is 0 Å². The van der Waals surface area contributed by atoms with Crippen LogP contribution in [-0.2, 0) is 19.9 Å². The molecule has 0 fully saturated rings. The van der Waals surface area contributed by atoms with Crippen LogP contribution in [0.2, 0.25) is 0 Å². The average molecular weight is 188 g/mol. The predicted octanol–water partition coefficient (Wildman–Crippen LogP) is 2.68. The molecule has 0 spiro atoms. The van der Waals surface area contributed by atoms with E-state index >= 15 is 0 Å². The zero-order chi connectivity index (χ0) is 7.82. The first-order valence-corrected chi connectivity index (χ1v) is 4.49. The molecule has 1 atom stereocenters. The number of hydrogen-bond acceptors (Lipinski definition) is 1. The molecule has 0 bridgehead atoms. The normalized spacial score (nSPS) is 13.6. The van der Waals surface area contributed by atoms with Crippen LogP contribution in [0.1, 0.15) is 39.5 Å².